The summed E-state index contributed by atoms with van der Waals surface area (Å²) < 4.78 is 27.7. The number of nitrogens with one attached hydrogen (secondary N) is 1. The minimum Gasteiger partial charge on any atom is -0.507 e. The Morgan fingerprint density at radius 1 is 0.857 bits per heavy atom. The molecule has 1 amide bonds. The molecule has 2 heterocycles. The van der Waals surface area contributed by atoms with Crippen LogP contribution in [0, 0.1) is 13.8 Å². The molecular weight excluding hydrogens is 538 g/mol. The average Bonchev–Trinajstić information content (AvgIpc) is 3.52. The van der Waals surface area contributed by atoms with Gasteiger partial charge in [-0.1, -0.05) is 12.1 Å². The van der Waals surface area contributed by atoms with Gasteiger partial charge in [-0.15, -0.1) is 0 Å². The third-order valence-corrected chi connectivity index (χ3v) is 7.65. The van der Waals surface area contributed by atoms with Crippen LogP contribution in [0.2, 0.25) is 0 Å². The standard InChI is InChI=1S/C32H35N3O7/c1-17-12-18(2)26(21(36)13-17)28-27-29(34-33-28)32(37)35(11-10-19-8-9-22(38-3)23(14-19)39-4)30(27)20-15-24(40-5)31(42-7)25(16-20)41-6/h8-9,12-16,30,36H,10-11H2,1-7H3,(H,33,34). The number of methoxy groups -OCH3 is 5. The van der Waals surface area contributed by atoms with Crippen LogP contribution >= 0.6 is 0 Å². The van der Waals surface area contributed by atoms with E-state index in [0.29, 0.717) is 64.2 Å². The quantitative estimate of drug-likeness (QED) is 0.265. The minimum absolute atomic E-state index is 0.0988. The van der Waals surface area contributed by atoms with E-state index < -0.39 is 6.04 Å². The van der Waals surface area contributed by atoms with Gasteiger partial charge in [0.25, 0.3) is 5.91 Å². The van der Waals surface area contributed by atoms with Gasteiger partial charge in [-0.05, 0) is 72.9 Å². The zero-order valence-electron chi connectivity index (χ0n) is 24.8. The molecule has 3 aromatic carbocycles. The summed E-state index contributed by atoms with van der Waals surface area (Å²) in [7, 11) is 7.84. The van der Waals surface area contributed by atoms with Gasteiger partial charge in [0, 0.05) is 17.7 Å². The monoisotopic (exact) mass is 573 g/mol. The summed E-state index contributed by atoms with van der Waals surface area (Å²) in [5, 5.41) is 18.5. The molecule has 220 valence electrons. The van der Waals surface area contributed by atoms with E-state index >= 15 is 0 Å². The third-order valence-electron chi connectivity index (χ3n) is 7.65. The van der Waals surface area contributed by atoms with Crippen molar-refractivity contribution >= 4 is 5.91 Å². The van der Waals surface area contributed by atoms with Crippen LogP contribution in [0.5, 0.6) is 34.5 Å². The summed E-state index contributed by atoms with van der Waals surface area (Å²) in [6.07, 6.45) is 0.550. The van der Waals surface area contributed by atoms with E-state index in [9.17, 15) is 9.90 Å². The van der Waals surface area contributed by atoms with Gasteiger partial charge in [0.1, 0.15) is 17.1 Å². The molecule has 0 spiro atoms. The van der Waals surface area contributed by atoms with Crippen molar-refractivity contribution in [3.8, 4) is 45.8 Å². The molecule has 0 bridgehead atoms. The lowest BCUT2D eigenvalue weighted by atomic mass is 9.92. The molecule has 1 unspecified atom stereocenters. The van der Waals surface area contributed by atoms with Gasteiger partial charge >= 0.3 is 0 Å². The molecular formula is C32H35N3O7. The van der Waals surface area contributed by atoms with Crippen molar-refractivity contribution in [3.63, 3.8) is 0 Å². The van der Waals surface area contributed by atoms with Crippen molar-refractivity contribution < 1.29 is 33.6 Å². The molecule has 42 heavy (non-hydrogen) atoms. The molecule has 0 saturated heterocycles. The van der Waals surface area contributed by atoms with E-state index in [-0.39, 0.29) is 11.7 Å². The Bertz CT molecular complexity index is 1600. The lowest BCUT2D eigenvalue weighted by Crippen LogP contribution is -2.31. The number of carbonyl (C=O) groups excluding carboxylic acids is 1. The summed E-state index contributed by atoms with van der Waals surface area (Å²) in [6, 6.07) is 12.5. The molecule has 1 atom stereocenters. The van der Waals surface area contributed by atoms with E-state index in [2.05, 4.69) is 10.2 Å². The Hall–Kier alpha value is -4.86. The van der Waals surface area contributed by atoms with Crippen molar-refractivity contribution in [3.05, 3.63) is 76.0 Å². The lowest BCUT2D eigenvalue weighted by molar-refractivity contribution is 0.0745. The third kappa shape index (κ3) is 4.82. The SMILES string of the molecule is COc1ccc(CCN2C(=O)c3[nH]nc(-c4c(C)cc(C)cc4O)c3C2c2cc(OC)c(OC)c(OC)c2)cc1OC. The normalized spacial score (nSPS) is 14.1. The second kappa shape index (κ2) is 11.6. The number of aryl methyl sites for hydroxylation is 2. The molecule has 0 fully saturated rings. The predicted molar refractivity (Wildman–Crippen MR) is 157 cm³/mol. The number of hydrogen-bond acceptors (Lipinski definition) is 8. The Kier molecular flexibility index (Phi) is 7.89. The Labute approximate surface area is 244 Å². The topological polar surface area (TPSA) is 115 Å². The minimum atomic E-state index is -0.560. The number of phenols is 1. The van der Waals surface area contributed by atoms with E-state index in [1.165, 1.54) is 0 Å². The molecule has 1 aliphatic rings. The number of aromatic amines is 1. The summed E-state index contributed by atoms with van der Waals surface area (Å²) in [4.78, 5) is 15.8. The number of amides is 1. The maximum atomic E-state index is 14.0. The van der Waals surface area contributed by atoms with Crippen LogP contribution in [0.3, 0.4) is 0 Å². The Morgan fingerprint density at radius 2 is 1.52 bits per heavy atom. The first-order valence-electron chi connectivity index (χ1n) is 13.5. The first-order chi connectivity index (χ1) is 20.3. The fourth-order valence-corrected chi connectivity index (χ4v) is 5.76. The largest absolute Gasteiger partial charge is 0.507 e. The number of phenolic OH excluding ortho intramolecular Hbond substituents is 1. The van der Waals surface area contributed by atoms with E-state index in [4.69, 9.17) is 23.7 Å². The number of carbonyl (C=O) groups is 1. The Balaban J connectivity index is 1.65. The number of aromatic hydroxyl groups is 1. The number of hydrogen-bond donors (Lipinski definition) is 2. The summed E-state index contributed by atoms with van der Waals surface area (Å²) >= 11 is 0. The zero-order chi connectivity index (χ0) is 30.1. The lowest BCUT2D eigenvalue weighted by Gasteiger charge is -2.28. The van der Waals surface area contributed by atoms with Crippen molar-refractivity contribution in [2.24, 2.45) is 0 Å². The number of fused-ring (bicyclic) bond motifs is 1. The number of aromatic nitrogens is 2. The Morgan fingerprint density at radius 3 is 2.12 bits per heavy atom. The van der Waals surface area contributed by atoms with Gasteiger partial charge < -0.3 is 33.7 Å². The zero-order valence-corrected chi connectivity index (χ0v) is 24.8. The molecule has 10 nitrogen and oxygen atoms in total. The molecule has 0 aliphatic carbocycles. The molecule has 1 aromatic heterocycles. The van der Waals surface area contributed by atoms with Crippen LogP contribution in [-0.4, -0.2) is 68.2 Å². The van der Waals surface area contributed by atoms with Gasteiger partial charge in [-0.3, -0.25) is 9.89 Å². The molecule has 0 radical (unpaired) electrons. The molecule has 5 rings (SSSR count). The number of rotatable bonds is 10. The smallest absolute Gasteiger partial charge is 0.273 e. The second-order valence-electron chi connectivity index (χ2n) is 10.1. The van der Waals surface area contributed by atoms with Crippen LogP contribution in [0.1, 0.15) is 44.3 Å². The van der Waals surface area contributed by atoms with Crippen LogP contribution in [-0.2, 0) is 6.42 Å². The maximum absolute atomic E-state index is 14.0. The highest BCUT2D eigenvalue weighted by atomic mass is 16.5. The van der Waals surface area contributed by atoms with Crippen LogP contribution in [0.15, 0.2) is 42.5 Å². The summed E-state index contributed by atoms with van der Waals surface area (Å²) in [5.74, 6) is 2.52. The number of nitrogens with zero attached hydrogens (tertiary/aromatic N) is 2. The second-order valence-corrected chi connectivity index (χ2v) is 10.1. The highest BCUT2D eigenvalue weighted by molar-refractivity contribution is 6.00. The summed E-state index contributed by atoms with van der Waals surface area (Å²) in [5.41, 5.74) is 5.63. The van der Waals surface area contributed by atoms with Crippen molar-refractivity contribution in [2.45, 2.75) is 26.3 Å². The van der Waals surface area contributed by atoms with Crippen molar-refractivity contribution in [1.82, 2.24) is 15.1 Å². The van der Waals surface area contributed by atoms with Gasteiger partial charge in [-0.2, -0.15) is 5.10 Å². The van der Waals surface area contributed by atoms with Gasteiger partial charge in [-0.25, -0.2) is 0 Å². The van der Waals surface area contributed by atoms with Crippen molar-refractivity contribution in [1.29, 1.82) is 0 Å². The highest BCUT2D eigenvalue weighted by Gasteiger charge is 2.43. The van der Waals surface area contributed by atoms with Gasteiger partial charge in [0.05, 0.1) is 41.6 Å². The van der Waals surface area contributed by atoms with E-state index in [1.807, 2.05) is 50.2 Å². The average molecular weight is 574 g/mol. The van der Waals surface area contributed by atoms with Crippen LogP contribution in [0.25, 0.3) is 11.3 Å². The highest BCUT2D eigenvalue weighted by Crippen LogP contribution is 2.49. The van der Waals surface area contributed by atoms with E-state index in [1.54, 1.807) is 46.5 Å². The first-order valence-corrected chi connectivity index (χ1v) is 13.5. The van der Waals surface area contributed by atoms with Crippen molar-refractivity contribution in [2.75, 3.05) is 42.1 Å². The maximum Gasteiger partial charge on any atom is 0.273 e. The first kappa shape index (κ1) is 28.7. The predicted octanol–water partition coefficient (Wildman–Crippen LogP) is 5.23. The number of H-pyrrole nitrogens is 1. The van der Waals surface area contributed by atoms with Crippen LogP contribution in [0.4, 0.5) is 0 Å². The molecule has 1 aliphatic heterocycles. The number of ether oxygens (including phenoxy) is 5. The molecule has 2 N–H and O–H groups in total. The fraction of sp³-hybridized carbons (Fsp3) is 0.312. The number of benzene rings is 3. The van der Waals surface area contributed by atoms with Gasteiger partial charge in [0.15, 0.2) is 23.0 Å². The molecule has 0 saturated carbocycles. The molecule has 10 heteroatoms. The molecule has 4 aromatic rings. The summed E-state index contributed by atoms with van der Waals surface area (Å²) in [6.45, 7) is 4.23. The fourth-order valence-electron chi connectivity index (χ4n) is 5.76. The van der Waals surface area contributed by atoms with E-state index in [0.717, 1.165) is 22.3 Å². The van der Waals surface area contributed by atoms with Gasteiger partial charge in [0.2, 0.25) is 5.75 Å². The van der Waals surface area contributed by atoms with Crippen LogP contribution < -0.4 is 23.7 Å².